The lowest BCUT2D eigenvalue weighted by Crippen LogP contribution is -2.32. The van der Waals surface area contributed by atoms with Gasteiger partial charge in [0.25, 0.3) is 0 Å². The van der Waals surface area contributed by atoms with Crippen molar-refractivity contribution in [2.24, 2.45) is 0 Å². The van der Waals surface area contributed by atoms with E-state index in [0.717, 1.165) is 49.2 Å². The van der Waals surface area contributed by atoms with Crippen LogP contribution in [0.4, 0.5) is 0 Å². The molecule has 0 aliphatic carbocycles. The second kappa shape index (κ2) is 8.91. The number of ether oxygens (including phenoxy) is 3. The molecule has 33 heavy (non-hydrogen) atoms. The summed E-state index contributed by atoms with van der Waals surface area (Å²) in [5.41, 5.74) is 5.71. The van der Waals surface area contributed by atoms with E-state index in [1.807, 2.05) is 12.1 Å². The van der Waals surface area contributed by atoms with E-state index in [0.29, 0.717) is 17.2 Å². The van der Waals surface area contributed by atoms with Gasteiger partial charge in [0, 0.05) is 24.0 Å². The number of nitrogens with zero attached hydrogens (tertiary/aromatic N) is 2. The summed E-state index contributed by atoms with van der Waals surface area (Å²) < 4.78 is 16.8. The summed E-state index contributed by atoms with van der Waals surface area (Å²) in [6, 6.07) is 17.0. The third kappa shape index (κ3) is 3.66. The van der Waals surface area contributed by atoms with Gasteiger partial charge in [-0.2, -0.15) is 0 Å². The van der Waals surface area contributed by atoms with E-state index >= 15 is 0 Å². The molecule has 5 heteroatoms. The first kappa shape index (κ1) is 21.5. The smallest absolute Gasteiger partial charge is 0.203 e. The highest BCUT2D eigenvalue weighted by atomic mass is 16.5. The number of methoxy groups -OCH3 is 3. The molecule has 0 fully saturated rings. The van der Waals surface area contributed by atoms with Gasteiger partial charge >= 0.3 is 0 Å². The van der Waals surface area contributed by atoms with Crippen LogP contribution >= 0.6 is 0 Å². The Bertz CT molecular complexity index is 1310. The normalized spacial score (nSPS) is 13.8. The van der Waals surface area contributed by atoms with Crippen molar-refractivity contribution in [2.75, 3.05) is 34.4 Å². The second-order valence-corrected chi connectivity index (χ2v) is 8.54. The maximum absolute atomic E-state index is 5.65. The fraction of sp³-hybridized carbons (Fsp3) is 0.321. The van der Waals surface area contributed by atoms with Gasteiger partial charge in [-0.1, -0.05) is 37.3 Å². The van der Waals surface area contributed by atoms with Crippen molar-refractivity contribution in [1.82, 2.24) is 9.88 Å². The second-order valence-electron chi connectivity index (χ2n) is 8.54. The molecule has 0 N–H and O–H groups in total. The maximum Gasteiger partial charge on any atom is 0.203 e. The van der Waals surface area contributed by atoms with Gasteiger partial charge in [0.2, 0.25) is 5.75 Å². The molecule has 5 rings (SSSR count). The summed E-state index contributed by atoms with van der Waals surface area (Å²) >= 11 is 0. The first-order valence-electron chi connectivity index (χ1n) is 11.5. The number of aromatic nitrogens is 1. The molecule has 1 aromatic heterocycles. The van der Waals surface area contributed by atoms with Crippen molar-refractivity contribution in [3.8, 4) is 28.5 Å². The third-order valence-electron chi connectivity index (χ3n) is 6.63. The number of pyridine rings is 1. The van der Waals surface area contributed by atoms with Gasteiger partial charge in [-0.15, -0.1) is 0 Å². The molecule has 0 bridgehead atoms. The van der Waals surface area contributed by atoms with Crippen LogP contribution in [0.5, 0.6) is 17.2 Å². The van der Waals surface area contributed by atoms with E-state index in [1.165, 1.54) is 27.3 Å². The molecule has 0 saturated heterocycles. The molecule has 0 unspecified atom stereocenters. The topological polar surface area (TPSA) is 43.8 Å². The molecular formula is C28H30N2O3. The molecular weight excluding hydrogens is 412 g/mol. The van der Waals surface area contributed by atoms with Crippen LogP contribution in [0, 0.1) is 0 Å². The molecule has 1 aliphatic rings. The highest BCUT2D eigenvalue weighted by Crippen LogP contribution is 2.44. The summed E-state index contributed by atoms with van der Waals surface area (Å²) in [6.07, 6.45) is 2.15. The molecule has 3 aromatic carbocycles. The Morgan fingerprint density at radius 1 is 0.909 bits per heavy atom. The van der Waals surface area contributed by atoms with E-state index < -0.39 is 0 Å². The molecule has 4 aromatic rings. The monoisotopic (exact) mass is 442 g/mol. The van der Waals surface area contributed by atoms with Crippen molar-refractivity contribution in [1.29, 1.82) is 0 Å². The van der Waals surface area contributed by atoms with Gasteiger partial charge in [-0.05, 0) is 59.5 Å². The zero-order valence-electron chi connectivity index (χ0n) is 19.8. The fourth-order valence-electron chi connectivity index (χ4n) is 5.13. The number of benzene rings is 3. The van der Waals surface area contributed by atoms with Gasteiger partial charge in [-0.3, -0.25) is 4.90 Å². The van der Waals surface area contributed by atoms with Crippen LogP contribution in [0.2, 0.25) is 0 Å². The number of rotatable bonds is 6. The Kier molecular flexibility index (Phi) is 5.81. The Hall–Kier alpha value is -3.31. The van der Waals surface area contributed by atoms with Crippen molar-refractivity contribution in [3.63, 3.8) is 0 Å². The minimum Gasteiger partial charge on any atom is -0.493 e. The number of fused-ring (bicyclic) bond motifs is 5. The van der Waals surface area contributed by atoms with Crippen LogP contribution in [-0.4, -0.2) is 44.3 Å². The summed E-state index contributed by atoms with van der Waals surface area (Å²) in [6.45, 7) is 5.28. The van der Waals surface area contributed by atoms with E-state index in [-0.39, 0.29) is 0 Å². The van der Waals surface area contributed by atoms with Crippen LogP contribution in [0.3, 0.4) is 0 Å². The summed E-state index contributed by atoms with van der Waals surface area (Å²) in [7, 11) is 4.93. The predicted molar refractivity (Wildman–Crippen MR) is 134 cm³/mol. The minimum atomic E-state index is 0.594. The zero-order chi connectivity index (χ0) is 22.9. The Labute approximate surface area is 194 Å². The summed E-state index contributed by atoms with van der Waals surface area (Å²) in [5.74, 6) is 1.88. The Balaban J connectivity index is 1.81. The van der Waals surface area contributed by atoms with Gasteiger partial charge in [0.05, 0.1) is 32.5 Å². The van der Waals surface area contributed by atoms with Crippen molar-refractivity contribution >= 4 is 21.7 Å². The first-order valence-corrected chi connectivity index (χ1v) is 11.5. The van der Waals surface area contributed by atoms with Crippen LogP contribution in [-0.2, 0) is 13.0 Å². The summed E-state index contributed by atoms with van der Waals surface area (Å²) in [5, 5.41) is 3.82. The highest BCUT2D eigenvalue weighted by Gasteiger charge is 2.25. The largest absolute Gasteiger partial charge is 0.493 e. The molecule has 170 valence electrons. The van der Waals surface area contributed by atoms with Gasteiger partial charge in [0.15, 0.2) is 11.5 Å². The van der Waals surface area contributed by atoms with E-state index in [2.05, 4.69) is 48.2 Å². The SMILES string of the molecule is CCCN1CCc2c(c(-c3cc(OC)c(OC)c(OC)c3)nc3ccc4ccccc4c23)C1. The standard InChI is InChI=1S/C28H30N2O3/c1-5-13-30-14-12-21-22(17-30)27(19-15-24(31-2)28(33-4)25(16-19)32-3)29-23-11-10-18-8-6-7-9-20(18)26(21)23/h6-11,15-16H,5,12-14,17H2,1-4H3. The molecule has 5 nitrogen and oxygen atoms in total. The molecule has 0 radical (unpaired) electrons. The highest BCUT2D eigenvalue weighted by molar-refractivity contribution is 6.09. The van der Waals surface area contributed by atoms with E-state index in [1.54, 1.807) is 21.3 Å². The van der Waals surface area contributed by atoms with Gasteiger partial charge < -0.3 is 14.2 Å². The summed E-state index contributed by atoms with van der Waals surface area (Å²) in [4.78, 5) is 7.76. The lowest BCUT2D eigenvalue weighted by Gasteiger charge is -2.31. The van der Waals surface area contributed by atoms with Crippen LogP contribution < -0.4 is 14.2 Å². The van der Waals surface area contributed by atoms with Gasteiger partial charge in [0.1, 0.15) is 0 Å². The van der Waals surface area contributed by atoms with Crippen LogP contribution in [0.15, 0.2) is 48.5 Å². The van der Waals surface area contributed by atoms with Crippen LogP contribution in [0.25, 0.3) is 32.9 Å². The van der Waals surface area contributed by atoms with Crippen molar-refractivity contribution in [3.05, 3.63) is 59.7 Å². The molecule has 0 amide bonds. The van der Waals surface area contributed by atoms with Crippen molar-refractivity contribution in [2.45, 2.75) is 26.3 Å². The lowest BCUT2D eigenvalue weighted by atomic mass is 9.89. The van der Waals surface area contributed by atoms with E-state index in [9.17, 15) is 0 Å². The number of hydrogen-bond acceptors (Lipinski definition) is 5. The maximum atomic E-state index is 5.65. The average Bonchev–Trinajstić information content (AvgIpc) is 2.87. The number of hydrogen-bond donors (Lipinski definition) is 0. The predicted octanol–water partition coefficient (Wildman–Crippen LogP) is 5.85. The van der Waals surface area contributed by atoms with Crippen LogP contribution in [0.1, 0.15) is 24.5 Å². The lowest BCUT2D eigenvalue weighted by molar-refractivity contribution is 0.255. The van der Waals surface area contributed by atoms with Crippen molar-refractivity contribution < 1.29 is 14.2 Å². The molecule has 2 heterocycles. The minimum absolute atomic E-state index is 0.594. The zero-order valence-corrected chi connectivity index (χ0v) is 19.8. The molecule has 0 spiro atoms. The average molecular weight is 443 g/mol. The molecule has 0 atom stereocenters. The molecule has 0 saturated carbocycles. The third-order valence-corrected chi connectivity index (χ3v) is 6.63. The van der Waals surface area contributed by atoms with E-state index in [4.69, 9.17) is 19.2 Å². The molecule has 1 aliphatic heterocycles. The quantitative estimate of drug-likeness (QED) is 0.351. The fourth-order valence-corrected chi connectivity index (χ4v) is 5.13. The Morgan fingerprint density at radius 3 is 2.36 bits per heavy atom. The van der Waals surface area contributed by atoms with Gasteiger partial charge in [-0.25, -0.2) is 4.98 Å². The Morgan fingerprint density at radius 2 is 1.67 bits per heavy atom. The first-order chi connectivity index (χ1) is 16.2.